The molecule has 1 fully saturated rings. The lowest BCUT2D eigenvalue weighted by molar-refractivity contribution is 0.447. The fourth-order valence-corrected chi connectivity index (χ4v) is 4.92. The van der Waals surface area contributed by atoms with Crippen LogP contribution in [-0.4, -0.2) is 13.1 Å². The van der Waals surface area contributed by atoms with Gasteiger partial charge in [0.05, 0.1) is 4.91 Å². The van der Waals surface area contributed by atoms with Crippen LogP contribution in [0.5, 0.6) is 0 Å². The van der Waals surface area contributed by atoms with Gasteiger partial charge in [-0.15, -0.1) is 0 Å². The van der Waals surface area contributed by atoms with E-state index in [0.29, 0.717) is 11.3 Å². The molecule has 1 aliphatic rings. The van der Waals surface area contributed by atoms with Gasteiger partial charge in [0.25, 0.3) is 0 Å². The van der Waals surface area contributed by atoms with Gasteiger partial charge in [0.15, 0.2) is 17.5 Å². The van der Waals surface area contributed by atoms with Crippen LogP contribution in [0.3, 0.4) is 0 Å². The highest BCUT2D eigenvalue weighted by Crippen LogP contribution is 2.28. The topological polar surface area (TPSA) is 47.9 Å². The molecule has 2 atom stereocenters. The lowest BCUT2D eigenvalue weighted by atomic mass is 9.98. The van der Waals surface area contributed by atoms with Crippen molar-refractivity contribution in [3.8, 4) is 0 Å². The van der Waals surface area contributed by atoms with Gasteiger partial charge in [-0.3, -0.25) is 4.78 Å². The van der Waals surface area contributed by atoms with Gasteiger partial charge in [-0.25, -0.2) is 22.3 Å². The summed E-state index contributed by atoms with van der Waals surface area (Å²) in [7, 11) is 0.700. The Morgan fingerprint density at radius 2 is 1.81 bits per heavy atom. The molecule has 0 radical (unpaired) electrons. The molecule has 8 heteroatoms. The van der Waals surface area contributed by atoms with Crippen LogP contribution in [0.25, 0.3) is 6.08 Å². The second-order valence-corrected chi connectivity index (χ2v) is 8.73. The molecule has 31 heavy (non-hydrogen) atoms. The lowest BCUT2D eigenvalue weighted by Crippen LogP contribution is -2.29. The van der Waals surface area contributed by atoms with E-state index in [2.05, 4.69) is 10.0 Å². The molecule has 2 aromatic rings. The summed E-state index contributed by atoms with van der Waals surface area (Å²) in [5, 5.41) is 2.93. The molecule has 166 valence electrons. The third-order valence-electron chi connectivity index (χ3n) is 5.14. The number of halogens is 4. The molecular weight excluding hydrogens is 426 g/mol. The summed E-state index contributed by atoms with van der Waals surface area (Å²) in [4.78, 5) is 0.702. The van der Waals surface area contributed by atoms with Crippen LogP contribution in [0.4, 0.5) is 17.6 Å². The number of nitrogens with one attached hydrogen (secondary N) is 3. The van der Waals surface area contributed by atoms with Crippen molar-refractivity contribution < 1.29 is 17.6 Å². The van der Waals surface area contributed by atoms with Crippen molar-refractivity contribution in [1.29, 1.82) is 4.78 Å². The number of allylic oxidation sites excluding steroid dienone is 1. The molecule has 0 aliphatic carbocycles. The first-order valence-electron chi connectivity index (χ1n) is 10.1. The minimum Gasteiger partial charge on any atom is -0.393 e. The van der Waals surface area contributed by atoms with Gasteiger partial charge in [-0.2, -0.15) is 0 Å². The number of hydrogen-bond acceptors (Lipinski definition) is 2. The van der Waals surface area contributed by atoms with Crippen LogP contribution in [0.1, 0.15) is 36.8 Å². The summed E-state index contributed by atoms with van der Waals surface area (Å²) in [5.74, 6) is -4.21. The summed E-state index contributed by atoms with van der Waals surface area (Å²) in [6, 6.07) is 8.49. The van der Waals surface area contributed by atoms with Gasteiger partial charge in [0.2, 0.25) is 0 Å². The maximum absolute atomic E-state index is 13.6. The zero-order valence-corrected chi connectivity index (χ0v) is 18.0. The van der Waals surface area contributed by atoms with E-state index >= 15 is 0 Å². The smallest absolute Gasteiger partial charge is 0.194 e. The van der Waals surface area contributed by atoms with Gasteiger partial charge in [-0.05, 0) is 83.9 Å². The summed E-state index contributed by atoms with van der Waals surface area (Å²) in [6.07, 6.45) is 7.26. The van der Waals surface area contributed by atoms with Gasteiger partial charge in [0, 0.05) is 19.3 Å². The van der Waals surface area contributed by atoms with E-state index in [-0.39, 0.29) is 17.4 Å². The molecule has 2 unspecified atom stereocenters. The minimum absolute atomic E-state index is 0.106. The Labute approximate surface area is 182 Å². The van der Waals surface area contributed by atoms with Crippen LogP contribution in [-0.2, 0) is 17.3 Å². The van der Waals surface area contributed by atoms with Gasteiger partial charge in [0.1, 0.15) is 5.82 Å². The van der Waals surface area contributed by atoms with Crippen molar-refractivity contribution in [2.45, 2.75) is 38.1 Å². The molecule has 1 heterocycles. The second kappa shape index (κ2) is 10.7. The summed E-state index contributed by atoms with van der Waals surface area (Å²) < 4.78 is 65.4. The molecule has 0 spiro atoms. The Balaban J connectivity index is 1.73. The van der Waals surface area contributed by atoms with Gasteiger partial charge < -0.3 is 5.32 Å². The zero-order valence-electron chi connectivity index (χ0n) is 17.2. The normalized spacial score (nSPS) is 22.0. The molecule has 3 rings (SSSR count). The van der Waals surface area contributed by atoms with Gasteiger partial charge in [-0.1, -0.05) is 18.2 Å². The van der Waals surface area contributed by atoms with Gasteiger partial charge >= 0.3 is 0 Å². The Kier molecular flexibility index (Phi) is 8.03. The fraction of sp³-hybridized carbons (Fsp3) is 0.304. The van der Waals surface area contributed by atoms with Crippen molar-refractivity contribution >= 4 is 17.0 Å². The van der Waals surface area contributed by atoms with Crippen molar-refractivity contribution in [3.63, 3.8) is 0 Å². The van der Waals surface area contributed by atoms with Crippen molar-refractivity contribution in [3.05, 3.63) is 87.5 Å². The molecule has 0 bridgehead atoms. The lowest BCUT2D eigenvalue weighted by Gasteiger charge is -2.16. The molecule has 3 nitrogen and oxygen atoms in total. The van der Waals surface area contributed by atoms with E-state index in [4.69, 9.17) is 4.78 Å². The van der Waals surface area contributed by atoms with E-state index < -0.39 is 28.3 Å². The summed E-state index contributed by atoms with van der Waals surface area (Å²) >= 11 is 0. The second-order valence-electron chi connectivity index (χ2n) is 7.44. The van der Waals surface area contributed by atoms with E-state index in [9.17, 15) is 17.6 Å². The highest BCUT2D eigenvalue weighted by atomic mass is 32.2. The maximum Gasteiger partial charge on any atom is 0.194 e. The summed E-state index contributed by atoms with van der Waals surface area (Å²) in [5.41, 5.74) is 2.07. The van der Waals surface area contributed by atoms with Crippen LogP contribution >= 0.6 is 0 Å². The Morgan fingerprint density at radius 1 is 1.13 bits per heavy atom. The zero-order chi connectivity index (χ0) is 22.4. The molecular formula is C23H25F4N3S. The van der Waals surface area contributed by atoms with Crippen molar-refractivity contribution in [1.82, 2.24) is 10.0 Å². The van der Waals surface area contributed by atoms with E-state index in [1.807, 2.05) is 0 Å². The van der Waals surface area contributed by atoms with Crippen LogP contribution in [0, 0.1) is 28.0 Å². The highest BCUT2D eigenvalue weighted by Gasteiger charge is 2.21. The average molecular weight is 452 g/mol. The van der Waals surface area contributed by atoms with Crippen LogP contribution < -0.4 is 10.0 Å². The Morgan fingerprint density at radius 3 is 2.45 bits per heavy atom. The van der Waals surface area contributed by atoms with E-state index in [0.717, 1.165) is 49.0 Å². The minimum atomic E-state index is -1.49. The van der Waals surface area contributed by atoms with Crippen LogP contribution in [0.2, 0.25) is 0 Å². The number of aryl methyl sites for hydroxylation is 1. The van der Waals surface area contributed by atoms with Crippen molar-refractivity contribution in [2.75, 3.05) is 7.05 Å². The highest BCUT2D eigenvalue weighted by molar-refractivity contribution is 7.88. The first-order valence-corrected chi connectivity index (χ1v) is 11.3. The standard InChI is InChI=1S/C23H25F4N3S/c1-29-14-22-17(11-16-12-20(25)23(27)21(26)13-16)7-10-19(30-31(22)28)4-2-3-15-5-8-18(24)9-6-15/h5-6,8-9,11-14,19,29H,2-4,7,10H2,1H3,(H2,28,30)/b17-11+,22-14?. The first kappa shape index (κ1) is 23.2. The Bertz CT molecular complexity index is 979. The predicted octanol–water partition coefficient (Wildman–Crippen LogP) is 5.76. The molecule has 3 N–H and O–H groups in total. The largest absolute Gasteiger partial charge is 0.393 e. The van der Waals surface area contributed by atoms with Crippen LogP contribution in [0.15, 0.2) is 53.1 Å². The van der Waals surface area contributed by atoms with E-state index in [1.54, 1.807) is 31.5 Å². The number of hydrogen-bond donors (Lipinski definition) is 3. The molecule has 1 aliphatic heterocycles. The van der Waals surface area contributed by atoms with Crippen molar-refractivity contribution in [2.24, 2.45) is 0 Å². The maximum atomic E-state index is 13.6. The number of benzene rings is 2. The predicted molar refractivity (Wildman–Crippen MR) is 117 cm³/mol. The molecule has 2 aromatic carbocycles. The quantitative estimate of drug-likeness (QED) is 0.386. The molecule has 0 saturated carbocycles. The molecule has 0 aromatic heterocycles. The summed E-state index contributed by atoms with van der Waals surface area (Å²) in [6.45, 7) is 0. The first-order chi connectivity index (χ1) is 14.9. The third kappa shape index (κ3) is 6.27. The fourth-order valence-electron chi connectivity index (χ4n) is 3.57. The number of rotatable bonds is 6. The SMILES string of the molecule is CNC=C1/C(=C/c2cc(F)c(F)c(F)c2)CCC(CCCc2ccc(F)cc2)NS1=N. The monoisotopic (exact) mass is 451 g/mol. The molecule has 1 saturated heterocycles. The van der Waals surface area contributed by atoms with E-state index in [1.165, 1.54) is 12.1 Å². The third-order valence-corrected chi connectivity index (χ3v) is 6.53. The average Bonchev–Trinajstić information content (AvgIpc) is 2.87. The Hall–Kier alpha value is -2.45. The molecule has 0 amide bonds.